The van der Waals surface area contributed by atoms with E-state index in [1.54, 1.807) is 32.8 Å². The molecule has 1 atom stereocenters. The van der Waals surface area contributed by atoms with Crippen LogP contribution in [0, 0.1) is 3.82 Å². The van der Waals surface area contributed by atoms with E-state index in [-0.39, 0.29) is 5.12 Å². The normalized spacial score (nSPS) is 17.5. The van der Waals surface area contributed by atoms with Gasteiger partial charge in [-0.1, -0.05) is 44.7 Å². The molecule has 1 N–H and O–H groups in total. The Labute approximate surface area is 143 Å². The van der Waals surface area contributed by atoms with Crippen molar-refractivity contribution >= 4 is 55.9 Å². The Morgan fingerprint density at radius 3 is 2.64 bits per heavy atom. The number of thioether (sulfide) groups is 1. The standard InChI is InChI=1S/C14H11NO3S4/c16-13-10(5-6-20-13)15-14(17)18-9-3-1-8(2-4-9)11-7-12(19)22-21-11/h1-4,7,10H,5-6H2,(H,15,17). The second-order valence-corrected chi connectivity index (χ2v) is 8.57. The summed E-state index contributed by atoms with van der Waals surface area (Å²) in [6, 6.07) is 8.74. The zero-order valence-electron chi connectivity index (χ0n) is 11.2. The Kier molecular flexibility index (Phi) is 4.92. The van der Waals surface area contributed by atoms with Gasteiger partial charge in [-0.15, -0.1) is 0 Å². The largest absolute Gasteiger partial charge is 0.413 e. The van der Waals surface area contributed by atoms with Crippen LogP contribution in [0.5, 0.6) is 5.75 Å². The van der Waals surface area contributed by atoms with Crippen molar-refractivity contribution in [1.29, 1.82) is 0 Å². The summed E-state index contributed by atoms with van der Waals surface area (Å²) < 4.78 is 6.05. The topological polar surface area (TPSA) is 55.4 Å². The summed E-state index contributed by atoms with van der Waals surface area (Å²) in [4.78, 5) is 24.3. The van der Waals surface area contributed by atoms with Crippen molar-refractivity contribution in [3.63, 3.8) is 0 Å². The van der Waals surface area contributed by atoms with Gasteiger partial charge in [-0.25, -0.2) is 4.79 Å². The first-order valence-corrected chi connectivity index (χ1v) is 10.0. The van der Waals surface area contributed by atoms with E-state index in [4.69, 9.17) is 17.0 Å². The molecule has 1 aromatic heterocycles. The maximum Gasteiger partial charge on any atom is 0.413 e. The average Bonchev–Trinajstić information content (AvgIpc) is 3.09. The predicted octanol–water partition coefficient (Wildman–Crippen LogP) is 4.33. The lowest BCUT2D eigenvalue weighted by molar-refractivity contribution is -0.112. The van der Waals surface area contributed by atoms with E-state index in [0.717, 1.165) is 20.0 Å². The van der Waals surface area contributed by atoms with Gasteiger partial charge in [-0.05, 0) is 42.3 Å². The monoisotopic (exact) mass is 369 g/mol. The highest BCUT2D eigenvalue weighted by atomic mass is 32.9. The third kappa shape index (κ3) is 3.75. The van der Waals surface area contributed by atoms with Gasteiger partial charge in [0.15, 0.2) is 0 Å². The minimum absolute atomic E-state index is 0.00837. The fourth-order valence-corrected chi connectivity index (χ4v) is 5.30. The highest BCUT2D eigenvalue weighted by Gasteiger charge is 2.27. The smallest absolute Gasteiger partial charge is 0.410 e. The molecule has 0 spiro atoms. The molecule has 2 heterocycles. The van der Waals surface area contributed by atoms with Crippen molar-refractivity contribution in [2.45, 2.75) is 12.5 Å². The number of hydrogen-bond acceptors (Lipinski definition) is 7. The van der Waals surface area contributed by atoms with Crippen molar-refractivity contribution in [2.24, 2.45) is 0 Å². The number of benzene rings is 1. The average molecular weight is 370 g/mol. The molecule has 22 heavy (non-hydrogen) atoms. The molecule has 1 amide bonds. The van der Waals surface area contributed by atoms with Gasteiger partial charge in [0.25, 0.3) is 0 Å². The molecule has 1 aliphatic rings. The van der Waals surface area contributed by atoms with Crippen LogP contribution in [0.25, 0.3) is 10.4 Å². The Balaban J connectivity index is 1.62. The molecule has 1 saturated heterocycles. The summed E-state index contributed by atoms with van der Waals surface area (Å²) in [5.74, 6) is 1.18. The number of amides is 1. The van der Waals surface area contributed by atoms with E-state index in [2.05, 4.69) is 5.32 Å². The summed E-state index contributed by atoms with van der Waals surface area (Å²) in [7, 11) is 3.18. The molecular formula is C14H11NO3S4. The molecule has 1 aliphatic heterocycles. The fraction of sp³-hybridized carbons (Fsp3) is 0.214. The third-order valence-electron chi connectivity index (χ3n) is 3.04. The zero-order chi connectivity index (χ0) is 15.5. The Morgan fingerprint density at radius 2 is 2.05 bits per heavy atom. The molecule has 3 rings (SSSR count). The Hall–Kier alpha value is -1.22. The maximum absolute atomic E-state index is 11.8. The van der Waals surface area contributed by atoms with Gasteiger partial charge >= 0.3 is 6.09 Å². The molecule has 1 aromatic carbocycles. The molecule has 0 saturated carbocycles. The van der Waals surface area contributed by atoms with E-state index in [1.165, 1.54) is 11.8 Å². The van der Waals surface area contributed by atoms with Crippen molar-refractivity contribution in [2.75, 3.05) is 5.75 Å². The van der Waals surface area contributed by atoms with E-state index < -0.39 is 12.1 Å². The fourth-order valence-electron chi connectivity index (χ4n) is 1.97. The lowest BCUT2D eigenvalue weighted by Gasteiger charge is -2.10. The highest BCUT2D eigenvalue weighted by Crippen LogP contribution is 2.30. The second-order valence-electron chi connectivity index (χ2n) is 4.56. The van der Waals surface area contributed by atoms with E-state index in [1.807, 2.05) is 18.2 Å². The lowest BCUT2D eigenvalue weighted by Crippen LogP contribution is -2.38. The molecule has 2 aromatic rings. The van der Waals surface area contributed by atoms with Crippen LogP contribution in [0.1, 0.15) is 6.42 Å². The van der Waals surface area contributed by atoms with E-state index in [0.29, 0.717) is 12.2 Å². The van der Waals surface area contributed by atoms with Crippen molar-refractivity contribution in [1.82, 2.24) is 5.32 Å². The first-order valence-electron chi connectivity index (χ1n) is 6.47. The van der Waals surface area contributed by atoms with Crippen LogP contribution >= 0.6 is 44.7 Å². The van der Waals surface area contributed by atoms with Crippen LogP contribution in [0.4, 0.5) is 4.79 Å². The molecule has 114 valence electrons. The Bertz CT molecular complexity index is 750. The second kappa shape index (κ2) is 6.91. The van der Waals surface area contributed by atoms with Crippen molar-refractivity contribution in [3.05, 3.63) is 34.2 Å². The van der Waals surface area contributed by atoms with Crippen LogP contribution in [-0.2, 0) is 4.79 Å². The summed E-state index contributed by atoms with van der Waals surface area (Å²) in [6.45, 7) is 0. The molecule has 0 bridgehead atoms. The van der Waals surface area contributed by atoms with Crippen molar-refractivity contribution < 1.29 is 14.3 Å². The Morgan fingerprint density at radius 1 is 1.27 bits per heavy atom. The number of carbonyl (C=O) groups is 2. The van der Waals surface area contributed by atoms with Crippen LogP contribution in [0.2, 0.25) is 0 Å². The van der Waals surface area contributed by atoms with Gasteiger partial charge in [0.1, 0.15) is 15.6 Å². The SMILES string of the molecule is O=C(NC1CCSC1=O)Oc1ccc(-c2cc(=S)ss2)cc1. The van der Waals surface area contributed by atoms with Gasteiger partial charge in [-0.3, -0.25) is 4.79 Å². The van der Waals surface area contributed by atoms with Gasteiger partial charge in [0.05, 0.1) is 0 Å². The van der Waals surface area contributed by atoms with Gasteiger partial charge in [0, 0.05) is 10.6 Å². The molecular weight excluding hydrogens is 358 g/mol. The summed E-state index contributed by atoms with van der Waals surface area (Å²) >= 11 is 6.36. The summed E-state index contributed by atoms with van der Waals surface area (Å²) in [5.41, 5.74) is 1.03. The van der Waals surface area contributed by atoms with Crippen LogP contribution in [-0.4, -0.2) is 23.0 Å². The minimum atomic E-state index is -0.597. The number of rotatable bonds is 3. The third-order valence-corrected chi connectivity index (χ3v) is 6.96. The van der Waals surface area contributed by atoms with Gasteiger partial charge in [0.2, 0.25) is 5.12 Å². The molecule has 0 radical (unpaired) electrons. The summed E-state index contributed by atoms with van der Waals surface area (Å²) in [5, 5.41) is 2.58. The summed E-state index contributed by atoms with van der Waals surface area (Å²) in [6.07, 6.45) is 0.0559. The van der Waals surface area contributed by atoms with Crippen LogP contribution in [0.3, 0.4) is 0 Å². The number of hydrogen-bond donors (Lipinski definition) is 1. The predicted molar refractivity (Wildman–Crippen MR) is 93.5 cm³/mol. The van der Waals surface area contributed by atoms with Crippen molar-refractivity contribution in [3.8, 4) is 16.2 Å². The van der Waals surface area contributed by atoms with E-state index >= 15 is 0 Å². The lowest BCUT2D eigenvalue weighted by atomic mass is 10.2. The van der Waals surface area contributed by atoms with Gasteiger partial charge in [-0.2, -0.15) is 0 Å². The van der Waals surface area contributed by atoms with Gasteiger partial charge < -0.3 is 10.1 Å². The number of ether oxygens (including phenoxy) is 1. The van der Waals surface area contributed by atoms with E-state index in [9.17, 15) is 9.59 Å². The maximum atomic E-state index is 11.8. The highest BCUT2D eigenvalue weighted by molar-refractivity contribution is 8.14. The van der Waals surface area contributed by atoms with Crippen LogP contribution in [0.15, 0.2) is 30.3 Å². The van der Waals surface area contributed by atoms with Crippen LogP contribution < -0.4 is 10.1 Å². The molecule has 1 fully saturated rings. The zero-order valence-corrected chi connectivity index (χ0v) is 14.5. The number of carbonyl (C=O) groups excluding carboxylic acids is 2. The minimum Gasteiger partial charge on any atom is -0.410 e. The number of nitrogens with one attached hydrogen (secondary N) is 1. The molecule has 0 aliphatic carbocycles. The molecule has 1 unspecified atom stereocenters. The molecule has 8 heteroatoms. The first-order chi connectivity index (χ1) is 10.6. The molecule has 4 nitrogen and oxygen atoms in total. The quantitative estimate of drug-likeness (QED) is 0.645. The first kappa shape index (κ1) is 15.7.